The van der Waals surface area contributed by atoms with Crippen LogP contribution in [0.15, 0.2) is 11.6 Å². The Labute approximate surface area is 99.4 Å². The average Bonchev–Trinajstić information content (AvgIpc) is 2.97. The van der Waals surface area contributed by atoms with E-state index in [1.165, 1.54) is 6.08 Å². The van der Waals surface area contributed by atoms with Gasteiger partial charge in [0, 0.05) is 12.1 Å². The minimum absolute atomic E-state index is 0.177. The Hall–Kier alpha value is -1.85. The topological polar surface area (TPSA) is 84.5 Å². The second kappa shape index (κ2) is 6.03. The second-order valence-corrected chi connectivity index (χ2v) is 4.13. The molecule has 17 heavy (non-hydrogen) atoms. The molecule has 6 heteroatoms. The zero-order valence-corrected chi connectivity index (χ0v) is 9.91. The molecule has 2 N–H and O–H groups in total. The van der Waals surface area contributed by atoms with Gasteiger partial charge >= 0.3 is 12.0 Å². The van der Waals surface area contributed by atoms with Crippen LogP contribution in [0.4, 0.5) is 4.79 Å². The normalized spacial score (nSPS) is 13.5. The molecule has 0 unspecified atom stereocenters. The van der Waals surface area contributed by atoms with Gasteiger partial charge in [-0.1, -0.05) is 5.57 Å². The zero-order chi connectivity index (χ0) is 12.8. The van der Waals surface area contributed by atoms with E-state index < -0.39 is 24.5 Å². The van der Waals surface area contributed by atoms with Gasteiger partial charge in [-0.3, -0.25) is 10.1 Å². The van der Waals surface area contributed by atoms with Crippen molar-refractivity contribution >= 4 is 17.9 Å². The van der Waals surface area contributed by atoms with Gasteiger partial charge in [0.15, 0.2) is 6.61 Å². The maximum atomic E-state index is 11.2. The Kier molecular flexibility index (Phi) is 4.68. The number of imide groups is 1. The third-order valence-electron chi connectivity index (χ3n) is 1.92. The molecular weight excluding hydrogens is 224 g/mol. The number of nitrogens with one attached hydrogen (secondary N) is 2. The molecular formula is C11H16N2O4. The summed E-state index contributed by atoms with van der Waals surface area (Å²) in [7, 11) is 0. The molecule has 0 aliphatic heterocycles. The number of carbonyl (C=O) groups is 3. The molecule has 0 spiro atoms. The van der Waals surface area contributed by atoms with E-state index in [0.29, 0.717) is 0 Å². The van der Waals surface area contributed by atoms with Crippen molar-refractivity contribution in [1.29, 1.82) is 0 Å². The fourth-order valence-corrected chi connectivity index (χ4v) is 1.03. The Morgan fingerprint density at radius 2 is 1.94 bits per heavy atom. The van der Waals surface area contributed by atoms with E-state index in [2.05, 4.69) is 15.4 Å². The fraction of sp³-hybridized carbons (Fsp3) is 0.545. The Balaban J connectivity index is 2.17. The minimum Gasteiger partial charge on any atom is -0.452 e. The van der Waals surface area contributed by atoms with Gasteiger partial charge in [-0.2, -0.15) is 0 Å². The number of urea groups is 1. The summed E-state index contributed by atoms with van der Waals surface area (Å²) in [6.45, 7) is 3.02. The van der Waals surface area contributed by atoms with Crippen LogP contribution in [-0.2, 0) is 14.3 Å². The predicted molar refractivity (Wildman–Crippen MR) is 60.1 cm³/mol. The first-order chi connectivity index (χ1) is 7.97. The van der Waals surface area contributed by atoms with E-state index >= 15 is 0 Å². The van der Waals surface area contributed by atoms with Crippen molar-refractivity contribution in [3.63, 3.8) is 0 Å². The lowest BCUT2D eigenvalue weighted by Gasteiger charge is -2.05. The van der Waals surface area contributed by atoms with Crippen molar-refractivity contribution < 1.29 is 19.1 Å². The molecule has 0 aromatic rings. The van der Waals surface area contributed by atoms with Crippen molar-refractivity contribution in [2.75, 3.05) is 6.61 Å². The number of allylic oxidation sites excluding steroid dienone is 1. The molecule has 1 aliphatic carbocycles. The van der Waals surface area contributed by atoms with Crippen LogP contribution in [0.1, 0.15) is 26.7 Å². The first kappa shape index (κ1) is 13.2. The summed E-state index contributed by atoms with van der Waals surface area (Å²) in [4.78, 5) is 33.4. The van der Waals surface area contributed by atoms with Gasteiger partial charge in [0.1, 0.15) is 0 Å². The van der Waals surface area contributed by atoms with Crippen molar-refractivity contribution in [3.8, 4) is 0 Å². The standard InChI is InChI=1S/C11H16N2O4/c1-7(2)5-10(15)17-6-9(14)13-11(16)12-8-3-4-8/h5,8H,3-4,6H2,1-2H3,(H2,12,13,14,16). The van der Waals surface area contributed by atoms with Crippen LogP contribution in [0.5, 0.6) is 0 Å². The van der Waals surface area contributed by atoms with Gasteiger partial charge in [0.05, 0.1) is 0 Å². The summed E-state index contributed by atoms with van der Waals surface area (Å²) < 4.78 is 4.63. The number of esters is 1. The Bertz CT molecular complexity index is 354. The van der Waals surface area contributed by atoms with Crippen LogP contribution >= 0.6 is 0 Å². The number of amides is 3. The number of ether oxygens (including phenoxy) is 1. The molecule has 1 fully saturated rings. The summed E-state index contributed by atoms with van der Waals surface area (Å²) in [5.41, 5.74) is 0.780. The van der Waals surface area contributed by atoms with Gasteiger partial charge < -0.3 is 10.1 Å². The lowest BCUT2D eigenvalue weighted by molar-refractivity contribution is -0.143. The van der Waals surface area contributed by atoms with Gasteiger partial charge in [-0.15, -0.1) is 0 Å². The molecule has 94 valence electrons. The summed E-state index contributed by atoms with van der Waals surface area (Å²) in [5.74, 6) is -1.23. The largest absolute Gasteiger partial charge is 0.452 e. The highest BCUT2D eigenvalue weighted by Gasteiger charge is 2.23. The van der Waals surface area contributed by atoms with Crippen LogP contribution in [0.2, 0.25) is 0 Å². The lowest BCUT2D eigenvalue weighted by Crippen LogP contribution is -2.42. The van der Waals surface area contributed by atoms with Crippen LogP contribution in [0.3, 0.4) is 0 Å². The van der Waals surface area contributed by atoms with E-state index in [0.717, 1.165) is 18.4 Å². The smallest absolute Gasteiger partial charge is 0.331 e. The second-order valence-electron chi connectivity index (χ2n) is 4.13. The maximum absolute atomic E-state index is 11.2. The first-order valence-corrected chi connectivity index (χ1v) is 5.39. The van der Waals surface area contributed by atoms with E-state index in [4.69, 9.17) is 0 Å². The number of hydrogen-bond donors (Lipinski definition) is 2. The molecule has 0 aromatic carbocycles. The third-order valence-corrected chi connectivity index (χ3v) is 1.92. The van der Waals surface area contributed by atoms with E-state index in [9.17, 15) is 14.4 Å². The van der Waals surface area contributed by atoms with Crippen LogP contribution < -0.4 is 10.6 Å². The molecule has 6 nitrogen and oxygen atoms in total. The average molecular weight is 240 g/mol. The van der Waals surface area contributed by atoms with Gasteiger partial charge in [0.25, 0.3) is 5.91 Å². The zero-order valence-electron chi connectivity index (χ0n) is 9.91. The number of rotatable bonds is 4. The Morgan fingerprint density at radius 1 is 1.29 bits per heavy atom. The van der Waals surface area contributed by atoms with Crippen molar-refractivity contribution in [2.45, 2.75) is 32.7 Å². The summed E-state index contributed by atoms with van der Waals surface area (Å²) >= 11 is 0. The molecule has 0 aromatic heterocycles. The molecule has 1 rings (SSSR count). The number of carbonyl (C=O) groups excluding carboxylic acids is 3. The summed E-state index contributed by atoms with van der Waals surface area (Å²) in [6, 6.07) is -0.369. The van der Waals surface area contributed by atoms with Crippen LogP contribution in [0.25, 0.3) is 0 Å². The monoisotopic (exact) mass is 240 g/mol. The van der Waals surface area contributed by atoms with E-state index in [1.54, 1.807) is 13.8 Å². The van der Waals surface area contributed by atoms with E-state index in [-0.39, 0.29) is 6.04 Å². The molecule has 0 bridgehead atoms. The van der Waals surface area contributed by atoms with Gasteiger partial charge in [-0.25, -0.2) is 9.59 Å². The van der Waals surface area contributed by atoms with Crippen LogP contribution in [0, 0.1) is 0 Å². The molecule has 0 radical (unpaired) electrons. The van der Waals surface area contributed by atoms with Crippen molar-refractivity contribution in [2.24, 2.45) is 0 Å². The van der Waals surface area contributed by atoms with Gasteiger partial charge in [0.2, 0.25) is 0 Å². The Morgan fingerprint density at radius 3 is 2.47 bits per heavy atom. The maximum Gasteiger partial charge on any atom is 0.331 e. The highest BCUT2D eigenvalue weighted by molar-refractivity contribution is 5.96. The predicted octanol–water partition coefficient (Wildman–Crippen LogP) is 0.484. The summed E-state index contributed by atoms with van der Waals surface area (Å²) in [6.07, 6.45) is 3.16. The fourth-order valence-electron chi connectivity index (χ4n) is 1.03. The molecule has 0 atom stereocenters. The molecule has 3 amide bonds. The van der Waals surface area contributed by atoms with Crippen molar-refractivity contribution in [3.05, 3.63) is 11.6 Å². The molecule has 0 saturated heterocycles. The molecule has 1 saturated carbocycles. The lowest BCUT2D eigenvalue weighted by atomic mass is 10.3. The molecule has 0 heterocycles. The SMILES string of the molecule is CC(C)=CC(=O)OCC(=O)NC(=O)NC1CC1. The molecule has 1 aliphatic rings. The van der Waals surface area contributed by atoms with Gasteiger partial charge in [-0.05, 0) is 26.7 Å². The third kappa shape index (κ3) is 6.34. The number of hydrogen-bond acceptors (Lipinski definition) is 4. The first-order valence-electron chi connectivity index (χ1n) is 5.39. The summed E-state index contributed by atoms with van der Waals surface area (Å²) in [5, 5.41) is 4.65. The minimum atomic E-state index is -0.640. The highest BCUT2D eigenvalue weighted by Crippen LogP contribution is 2.18. The van der Waals surface area contributed by atoms with Crippen molar-refractivity contribution in [1.82, 2.24) is 10.6 Å². The van der Waals surface area contributed by atoms with E-state index in [1.807, 2.05) is 0 Å². The quantitative estimate of drug-likeness (QED) is 0.553. The highest BCUT2D eigenvalue weighted by atomic mass is 16.5. The van der Waals surface area contributed by atoms with Crippen LogP contribution in [-0.4, -0.2) is 30.6 Å².